The summed E-state index contributed by atoms with van der Waals surface area (Å²) in [4.78, 5) is 22.0. The second-order valence-electron chi connectivity index (χ2n) is 4.53. The quantitative estimate of drug-likeness (QED) is 0.866. The second-order valence-corrected chi connectivity index (χ2v) is 4.53. The van der Waals surface area contributed by atoms with Crippen LogP contribution in [0.25, 0.3) is 11.3 Å². The number of carboxylic acid groups (broad SMARTS) is 1. The molecule has 2 N–H and O–H groups in total. The van der Waals surface area contributed by atoms with Crippen molar-refractivity contribution in [3.8, 4) is 11.3 Å². The smallest absolute Gasteiger partial charge is 0.356 e. The van der Waals surface area contributed by atoms with Gasteiger partial charge in [0.2, 0.25) is 5.91 Å². The van der Waals surface area contributed by atoms with Gasteiger partial charge >= 0.3 is 5.97 Å². The molecule has 0 saturated carbocycles. The van der Waals surface area contributed by atoms with Crippen LogP contribution in [0.1, 0.15) is 22.5 Å². The Kier molecular flexibility index (Phi) is 2.90. The Morgan fingerprint density at radius 3 is 2.70 bits per heavy atom. The van der Waals surface area contributed by atoms with E-state index in [1.165, 1.54) is 6.07 Å². The predicted octanol–water partition coefficient (Wildman–Crippen LogP) is 1.73. The van der Waals surface area contributed by atoms with Crippen molar-refractivity contribution in [2.45, 2.75) is 12.8 Å². The fraction of sp³-hybridized carbons (Fsp3) is 0.143. The van der Waals surface area contributed by atoms with E-state index in [9.17, 15) is 9.59 Å². The van der Waals surface area contributed by atoms with Crippen LogP contribution in [0.3, 0.4) is 0 Å². The lowest BCUT2D eigenvalue weighted by molar-refractivity contribution is -0.116. The summed E-state index contributed by atoms with van der Waals surface area (Å²) in [6.45, 7) is 0. The van der Waals surface area contributed by atoms with Crippen molar-refractivity contribution < 1.29 is 14.7 Å². The van der Waals surface area contributed by atoms with Crippen LogP contribution in [-0.2, 0) is 11.2 Å². The van der Waals surface area contributed by atoms with Crippen LogP contribution < -0.4 is 5.32 Å². The Balaban J connectivity index is 1.94. The monoisotopic (exact) mass is 269 g/mol. The number of rotatable bonds is 2. The molecule has 0 fully saturated rings. The van der Waals surface area contributed by atoms with E-state index in [0.717, 1.165) is 16.8 Å². The van der Waals surface area contributed by atoms with E-state index in [0.29, 0.717) is 18.5 Å². The van der Waals surface area contributed by atoms with Crippen LogP contribution in [-0.4, -0.2) is 27.2 Å². The largest absolute Gasteiger partial charge is 0.476 e. The number of aromatic carboxylic acids is 1. The fourth-order valence-corrected chi connectivity index (χ4v) is 2.14. The Bertz CT molecular complexity index is 695. The van der Waals surface area contributed by atoms with Gasteiger partial charge in [-0.3, -0.25) is 4.79 Å². The predicted molar refractivity (Wildman–Crippen MR) is 71.4 cm³/mol. The van der Waals surface area contributed by atoms with Crippen molar-refractivity contribution in [3.05, 3.63) is 41.6 Å². The van der Waals surface area contributed by atoms with Crippen LogP contribution in [0, 0.1) is 0 Å². The Morgan fingerprint density at radius 2 is 2.00 bits per heavy atom. The minimum Gasteiger partial charge on any atom is -0.476 e. The van der Waals surface area contributed by atoms with E-state index in [2.05, 4.69) is 15.5 Å². The van der Waals surface area contributed by atoms with Gasteiger partial charge in [0.05, 0.1) is 5.69 Å². The van der Waals surface area contributed by atoms with E-state index >= 15 is 0 Å². The zero-order chi connectivity index (χ0) is 14.1. The summed E-state index contributed by atoms with van der Waals surface area (Å²) in [5, 5.41) is 19.2. The Labute approximate surface area is 114 Å². The summed E-state index contributed by atoms with van der Waals surface area (Å²) >= 11 is 0. The lowest BCUT2D eigenvalue weighted by Gasteiger charge is -2.17. The number of aryl methyl sites for hydroxylation is 1. The van der Waals surface area contributed by atoms with Crippen LogP contribution >= 0.6 is 0 Å². The lowest BCUT2D eigenvalue weighted by atomic mass is 9.99. The highest BCUT2D eigenvalue weighted by Gasteiger charge is 2.15. The number of carbonyl (C=O) groups is 2. The second kappa shape index (κ2) is 4.73. The zero-order valence-corrected chi connectivity index (χ0v) is 10.5. The lowest BCUT2D eigenvalue weighted by Crippen LogP contribution is -2.18. The normalized spacial score (nSPS) is 13.5. The first-order chi connectivity index (χ1) is 9.63. The Morgan fingerprint density at radius 1 is 1.15 bits per heavy atom. The molecule has 0 spiro atoms. The molecule has 0 saturated heterocycles. The molecule has 0 bridgehead atoms. The summed E-state index contributed by atoms with van der Waals surface area (Å²) < 4.78 is 0. The van der Waals surface area contributed by atoms with Gasteiger partial charge in [0, 0.05) is 17.7 Å². The summed E-state index contributed by atoms with van der Waals surface area (Å²) in [5.74, 6) is -1.08. The number of amides is 1. The minimum absolute atomic E-state index is 0.0239. The van der Waals surface area contributed by atoms with E-state index < -0.39 is 5.97 Å². The highest BCUT2D eigenvalue weighted by atomic mass is 16.4. The van der Waals surface area contributed by atoms with Crippen LogP contribution in [0.15, 0.2) is 30.3 Å². The number of fused-ring (bicyclic) bond motifs is 1. The van der Waals surface area contributed by atoms with E-state index in [1.807, 2.05) is 18.2 Å². The number of carboxylic acids is 1. The molecule has 1 aliphatic heterocycles. The molecular formula is C14H11N3O3. The molecule has 20 heavy (non-hydrogen) atoms. The molecule has 6 nitrogen and oxygen atoms in total. The number of hydrogen-bond acceptors (Lipinski definition) is 4. The topological polar surface area (TPSA) is 92.2 Å². The first-order valence-electron chi connectivity index (χ1n) is 6.13. The number of benzene rings is 1. The van der Waals surface area contributed by atoms with Crippen LogP contribution in [0.2, 0.25) is 0 Å². The van der Waals surface area contributed by atoms with E-state index in [-0.39, 0.29) is 11.6 Å². The van der Waals surface area contributed by atoms with Crippen LogP contribution in [0.5, 0.6) is 0 Å². The molecule has 2 aromatic rings. The minimum atomic E-state index is -1.10. The van der Waals surface area contributed by atoms with Crippen molar-refractivity contribution in [1.82, 2.24) is 10.2 Å². The average Bonchev–Trinajstić information content (AvgIpc) is 2.47. The number of nitrogens with zero attached hydrogens (tertiary/aromatic N) is 2. The zero-order valence-electron chi connectivity index (χ0n) is 10.5. The molecule has 3 rings (SSSR count). The van der Waals surface area contributed by atoms with Crippen molar-refractivity contribution >= 4 is 17.6 Å². The van der Waals surface area contributed by atoms with Crippen molar-refractivity contribution in [3.63, 3.8) is 0 Å². The van der Waals surface area contributed by atoms with Gasteiger partial charge in [0.25, 0.3) is 0 Å². The molecular weight excluding hydrogens is 258 g/mol. The van der Waals surface area contributed by atoms with Crippen molar-refractivity contribution in [1.29, 1.82) is 0 Å². The van der Waals surface area contributed by atoms with Gasteiger partial charge in [-0.2, -0.15) is 0 Å². The maximum Gasteiger partial charge on any atom is 0.356 e. The molecule has 0 aliphatic carbocycles. The van der Waals surface area contributed by atoms with Gasteiger partial charge in [-0.15, -0.1) is 10.2 Å². The van der Waals surface area contributed by atoms with Gasteiger partial charge in [-0.1, -0.05) is 6.07 Å². The molecule has 6 heteroatoms. The fourth-order valence-electron chi connectivity index (χ4n) is 2.14. The first kappa shape index (κ1) is 12.3. The van der Waals surface area contributed by atoms with E-state index in [1.54, 1.807) is 6.07 Å². The summed E-state index contributed by atoms with van der Waals surface area (Å²) in [6, 6.07) is 8.65. The molecule has 1 aliphatic rings. The number of nitrogens with one attached hydrogen (secondary N) is 1. The molecule has 2 heterocycles. The molecule has 0 atom stereocenters. The number of hydrogen-bond donors (Lipinski definition) is 2. The van der Waals surface area contributed by atoms with Gasteiger partial charge in [0.15, 0.2) is 5.69 Å². The third kappa shape index (κ3) is 2.23. The summed E-state index contributed by atoms with van der Waals surface area (Å²) in [5.41, 5.74) is 3.24. The number of aromatic nitrogens is 2. The standard InChI is InChI=1S/C14H11N3O3/c18-13-6-2-8-7-9(1-3-10(8)15-13)11-4-5-12(14(19)20)17-16-11/h1,3-5,7H,2,6H2,(H,15,18)(H,19,20). The molecule has 100 valence electrons. The maximum absolute atomic E-state index is 11.3. The van der Waals surface area contributed by atoms with E-state index in [4.69, 9.17) is 5.11 Å². The van der Waals surface area contributed by atoms with Gasteiger partial charge in [0.1, 0.15) is 0 Å². The third-order valence-corrected chi connectivity index (χ3v) is 3.18. The summed E-state index contributed by atoms with van der Waals surface area (Å²) in [7, 11) is 0. The molecule has 1 aromatic carbocycles. The highest BCUT2D eigenvalue weighted by Crippen LogP contribution is 2.27. The highest BCUT2D eigenvalue weighted by molar-refractivity contribution is 5.94. The van der Waals surface area contributed by atoms with Crippen molar-refractivity contribution in [2.75, 3.05) is 5.32 Å². The maximum atomic E-state index is 11.3. The first-order valence-corrected chi connectivity index (χ1v) is 6.13. The number of carbonyl (C=O) groups excluding carboxylic acids is 1. The number of anilines is 1. The molecule has 1 amide bonds. The molecule has 1 aromatic heterocycles. The van der Waals surface area contributed by atoms with Crippen molar-refractivity contribution in [2.24, 2.45) is 0 Å². The summed E-state index contributed by atoms with van der Waals surface area (Å²) in [6.07, 6.45) is 1.16. The van der Waals surface area contributed by atoms with Gasteiger partial charge < -0.3 is 10.4 Å². The molecule has 0 unspecified atom stereocenters. The average molecular weight is 269 g/mol. The SMILES string of the molecule is O=C1CCc2cc(-c3ccc(C(=O)O)nn3)ccc2N1. The third-order valence-electron chi connectivity index (χ3n) is 3.18. The Hall–Kier alpha value is -2.76. The van der Waals surface area contributed by atoms with Crippen LogP contribution in [0.4, 0.5) is 5.69 Å². The van der Waals surface area contributed by atoms with Gasteiger partial charge in [-0.25, -0.2) is 4.79 Å². The van der Waals surface area contributed by atoms with Gasteiger partial charge in [-0.05, 0) is 36.2 Å². The molecule has 0 radical (unpaired) electrons.